The highest BCUT2D eigenvalue weighted by Gasteiger charge is 2.00. The van der Waals surface area contributed by atoms with Crippen molar-refractivity contribution in [3.05, 3.63) is 48.3 Å². The molecule has 0 amide bonds. The van der Waals surface area contributed by atoms with Crippen LogP contribution in [0.15, 0.2) is 53.0 Å². The van der Waals surface area contributed by atoms with Gasteiger partial charge in [0.1, 0.15) is 5.75 Å². The SMILES string of the molecule is N/C(=N/O)c1ccc(OCCSc2ncccn2)cc1. The number of hydrogen-bond acceptors (Lipinski definition) is 6. The van der Waals surface area contributed by atoms with Gasteiger partial charge >= 0.3 is 0 Å². The van der Waals surface area contributed by atoms with Gasteiger partial charge in [-0.1, -0.05) is 16.9 Å². The third-order valence-electron chi connectivity index (χ3n) is 2.38. The second kappa shape index (κ2) is 7.34. The molecular weight excluding hydrogens is 276 g/mol. The number of nitrogens with two attached hydrogens (primary N) is 1. The number of oxime groups is 1. The molecule has 0 spiro atoms. The third kappa shape index (κ3) is 4.13. The molecule has 0 aliphatic rings. The molecule has 0 fully saturated rings. The summed E-state index contributed by atoms with van der Waals surface area (Å²) >= 11 is 1.53. The minimum absolute atomic E-state index is 0.0772. The Balaban J connectivity index is 1.77. The van der Waals surface area contributed by atoms with Crippen LogP contribution in [0.5, 0.6) is 5.75 Å². The zero-order valence-corrected chi connectivity index (χ0v) is 11.5. The minimum Gasteiger partial charge on any atom is -0.493 e. The summed E-state index contributed by atoms with van der Waals surface area (Å²) in [7, 11) is 0. The molecule has 1 aromatic heterocycles. The molecule has 2 rings (SSSR count). The molecule has 0 atom stereocenters. The fourth-order valence-corrected chi connectivity index (χ4v) is 2.05. The van der Waals surface area contributed by atoms with Gasteiger partial charge in [0, 0.05) is 23.7 Å². The number of ether oxygens (including phenoxy) is 1. The van der Waals surface area contributed by atoms with E-state index in [-0.39, 0.29) is 5.84 Å². The number of hydrogen-bond donors (Lipinski definition) is 2. The molecule has 104 valence electrons. The van der Waals surface area contributed by atoms with Crippen LogP contribution in [-0.4, -0.2) is 33.4 Å². The molecule has 2 aromatic rings. The Morgan fingerprint density at radius 3 is 2.60 bits per heavy atom. The largest absolute Gasteiger partial charge is 0.493 e. The molecule has 1 aromatic carbocycles. The fourth-order valence-electron chi connectivity index (χ4n) is 1.43. The van der Waals surface area contributed by atoms with E-state index in [4.69, 9.17) is 15.7 Å². The van der Waals surface area contributed by atoms with Gasteiger partial charge in [0.2, 0.25) is 0 Å². The second-order valence-electron chi connectivity index (χ2n) is 3.74. The Hall–Kier alpha value is -2.28. The van der Waals surface area contributed by atoms with Crippen molar-refractivity contribution in [3.63, 3.8) is 0 Å². The minimum atomic E-state index is 0.0772. The Bertz CT molecular complexity index is 560. The highest BCUT2D eigenvalue weighted by Crippen LogP contribution is 2.14. The van der Waals surface area contributed by atoms with Gasteiger partial charge in [0.15, 0.2) is 11.0 Å². The Morgan fingerprint density at radius 1 is 1.25 bits per heavy atom. The first kappa shape index (κ1) is 14.1. The molecule has 0 unspecified atom stereocenters. The van der Waals surface area contributed by atoms with Crippen LogP contribution < -0.4 is 10.5 Å². The zero-order valence-electron chi connectivity index (χ0n) is 10.6. The lowest BCUT2D eigenvalue weighted by Crippen LogP contribution is -2.12. The van der Waals surface area contributed by atoms with E-state index in [9.17, 15) is 0 Å². The smallest absolute Gasteiger partial charge is 0.187 e. The van der Waals surface area contributed by atoms with Crippen molar-refractivity contribution in [2.75, 3.05) is 12.4 Å². The quantitative estimate of drug-likeness (QED) is 0.160. The standard InChI is InChI=1S/C13H14N4O2S/c14-12(17-18)10-2-4-11(5-3-10)19-8-9-20-13-15-6-1-7-16-13/h1-7,18H,8-9H2,(H2,14,17). The average molecular weight is 290 g/mol. The Kier molecular flexibility index (Phi) is 5.19. The maximum atomic E-state index is 8.56. The van der Waals surface area contributed by atoms with Crippen LogP contribution in [0.4, 0.5) is 0 Å². The molecule has 6 nitrogen and oxygen atoms in total. The van der Waals surface area contributed by atoms with Gasteiger partial charge in [-0.05, 0) is 30.3 Å². The zero-order chi connectivity index (χ0) is 14.2. The van der Waals surface area contributed by atoms with Crippen molar-refractivity contribution in [2.24, 2.45) is 10.9 Å². The summed E-state index contributed by atoms with van der Waals surface area (Å²) in [6, 6.07) is 8.80. The van der Waals surface area contributed by atoms with Crippen LogP contribution in [0, 0.1) is 0 Å². The predicted octanol–water partition coefficient (Wildman–Crippen LogP) is 1.74. The molecule has 20 heavy (non-hydrogen) atoms. The van der Waals surface area contributed by atoms with Crippen molar-refractivity contribution in [1.29, 1.82) is 0 Å². The summed E-state index contributed by atoms with van der Waals surface area (Å²) in [6.45, 7) is 0.547. The first-order chi connectivity index (χ1) is 9.79. The topological polar surface area (TPSA) is 93.6 Å². The molecule has 7 heteroatoms. The molecule has 1 heterocycles. The van der Waals surface area contributed by atoms with Gasteiger partial charge in [-0.2, -0.15) is 0 Å². The lowest BCUT2D eigenvalue weighted by Gasteiger charge is -2.06. The highest BCUT2D eigenvalue weighted by molar-refractivity contribution is 7.99. The molecule has 0 radical (unpaired) electrons. The summed E-state index contributed by atoms with van der Waals surface area (Å²) in [5.41, 5.74) is 6.12. The van der Waals surface area contributed by atoms with Gasteiger partial charge in [-0.3, -0.25) is 0 Å². The van der Waals surface area contributed by atoms with E-state index in [1.807, 2.05) is 0 Å². The summed E-state index contributed by atoms with van der Waals surface area (Å²) in [5, 5.41) is 12.2. The molecular formula is C13H14N4O2S. The molecule has 0 saturated carbocycles. The van der Waals surface area contributed by atoms with Crippen molar-refractivity contribution in [2.45, 2.75) is 5.16 Å². The lowest BCUT2D eigenvalue weighted by molar-refractivity contribution is 0.318. The van der Waals surface area contributed by atoms with Crippen LogP contribution in [-0.2, 0) is 0 Å². The first-order valence-electron chi connectivity index (χ1n) is 5.90. The molecule has 0 saturated heterocycles. The summed E-state index contributed by atoms with van der Waals surface area (Å²) in [4.78, 5) is 8.22. The number of aromatic nitrogens is 2. The van der Waals surface area contributed by atoms with Crippen molar-refractivity contribution >= 4 is 17.6 Å². The number of rotatable bonds is 6. The second-order valence-corrected chi connectivity index (χ2v) is 4.80. The van der Waals surface area contributed by atoms with Crippen molar-refractivity contribution < 1.29 is 9.94 Å². The number of amidine groups is 1. The van der Waals surface area contributed by atoms with Crippen LogP contribution in [0.25, 0.3) is 0 Å². The fraction of sp³-hybridized carbons (Fsp3) is 0.154. The van der Waals surface area contributed by atoms with Gasteiger partial charge in [0.25, 0.3) is 0 Å². The van der Waals surface area contributed by atoms with E-state index >= 15 is 0 Å². The maximum Gasteiger partial charge on any atom is 0.187 e. The molecule has 3 N–H and O–H groups in total. The van der Waals surface area contributed by atoms with Gasteiger partial charge in [0.05, 0.1) is 6.61 Å². The number of nitrogens with zero attached hydrogens (tertiary/aromatic N) is 3. The van der Waals surface area contributed by atoms with Crippen LogP contribution in [0.2, 0.25) is 0 Å². The maximum absolute atomic E-state index is 8.56. The molecule has 0 aliphatic carbocycles. The van der Waals surface area contributed by atoms with E-state index in [0.29, 0.717) is 12.2 Å². The Morgan fingerprint density at radius 2 is 1.95 bits per heavy atom. The van der Waals surface area contributed by atoms with E-state index in [1.165, 1.54) is 11.8 Å². The third-order valence-corrected chi connectivity index (χ3v) is 3.22. The number of thioether (sulfide) groups is 1. The van der Waals surface area contributed by atoms with E-state index in [2.05, 4.69) is 15.1 Å². The average Bonchev–Trinajstić information content (AvgIpc) is 2.52. The van der Waals surface area contributed by atoms with Gasteiger partial charge in [-0.25, -0.2) is 9.97 Å². The Labute approximate surface area is 120 Å². The van der Waals surface area contributed by atoms with Crippen LogP contribution >= 0.6 is 11.8 Å². The first-order valence-corrected chi connectivity index (χ1v) is 6.89. The lowest BCUT2D eigenvalue weighted by atomic mass is 10.2. The van der Waals surface area contributed by atoms with E-state index in [1.54, 1.807) is 42.7 Å². The monoisotopic (exact) mass is 290 g/mol. The van der Waals surface area contributed by atoms with Crippen molar-refractivity contribution in [1.82, 2.24) is 9.97 Å². The highest BCUT2D eigenvalue weighted by atomic mass is 32.2. The normalized spacial score (nSPS) is 11.3. The van der Waals surface area contributed by atoms with Gasteiger partial charge in [-0.15, -0.1) is 0 Å². The van der Waals surface area contributed by atoms with Gasteiger partial charge < -0.3 is 15.7 Å². The van der Waals surface area contributed by atoms with E-state index in [0.717, 1.165) is 16.7 Å². The summed E-state index contributed by atoms with van der Waals surface area (Å²) in [5.74, 6) is 1.56. The van der Waals surface area contributed by atoms with E-state index < -0.39 is 0 Å². The summed E-state index contributed by atoms with van der Waals surface area (Å²) < 4.78 is 5.58. The van der Waals surface area contributed by atoms with Crippen molar-refractivity contribution in [3.8, 4) is 5.75 Å². The number of benzene rings is 1. The van der Waals surface area contributed by atoms with Crippen LogP contribution in [0.1, 0.15) is 5.56 Å². The molecule has 0 bridgehead atoms. The predicted molar refractivity (Wildman–Crippen MR) is 77.2 cm³/mol. The summed E-state index contributed by atoms with van der Waals surface area (Å²) in [6.07, 6.45) is 3.42. The van der Waals surface area contributed by atoms with Crippen LogP contribution in [0.3, 0.4) is 0 Å². The molecule has 0 aliphatic heterocycles.